The fourth-order valence-electron chi connectivity index (χ4n) is 1.86. The Morgan fingerprint density at radius 2 is 2.14 bits per heavy atom. The Balaban J connectivity index is 1.84. The molecule has 1 heterocycles. The number of hydrogen-bond donors (Lipinski definition) is 1. The van der Waals surface area contributed by atoms with Crippen LogP contribution in [0.1, 0.15) is 18.1 Å². The van der Waals surface area contributed by atoms with Gasteiger partial charge in [-0.3, -0.25) is 4.79 Å². The quantitative estimate of drug-likeness (QED) is 0.788. The number of thioether (sulfide) groups is 1. The van der Waals surface area contributed by atoms with Gasteiger partial charge in [-0.15, -0.1) is 10.2 Å². The van der Waals surface area contributed by atoms with Gasteiger partial charge < -0.3 is 10.2 Å². The van der Waals surface area contributed by atoms with E-state index >= 15 is 0 Å². The third-order valence-electron chi connectivity index (χ3n) is 3.15. The van der Waals surface area contributed by atoms with Crippen molar-refractivity contribution in [3.63, 3.8) is 0 Å². The van der Waals surface area contributed by atoms with Crippen molar-refractivity contribution in [3.05, 3.63) is 35.4 Å². The largest absolute Gasteiger partial charge is 0.360 e. The minimum Gasteiger partial charge on any atom is -0.360 e. The van der Waals surface area contributed by atoms with Gasteiger partial charge in [-0.1, -0.05) is 47.4 Å². The first-order chi connectivity index (χ1) is 10.6. The normalized spacial score (nSPS) is 10.5. The number of aromatic nitrogens is 2. The maximum atomic E-state index is 12.2. The van der Waals surface area contributed by atoms with E-state index in [4.69, 9.17) is 0 Å². The first kappa shape index (κ1) is 16.8. The molecule has 1 amide bonds. The number of amides is 1. The van der Waals surface area contributed by atoms with Crippen molar-refractivity contribution in [3.8, 4) is 0 Å². The molecule has 0 bridgehead atoms. The van der Waals surface area contributed by atoms with Crippen LogP contribution in [0.25, 0.3) is 0 Å². The zero-order chi connectivity index (χ0) is 15.9. The average Bonchev–Trinajstić information content (AvgIpc) is 2.95. The average molecular weight is 336 g/mol. The fourth-order valence-corrected chi connectivity index (χ4v) is 3.62. The molecular formula is C15H20N4OS2. The van der Waals surface area contributed by atoms with E-state index in [1.54, 1.807) is 4.90 Å². The summed E-state index contributed by atoms with van der Waals surface area (Å²) in [5.74, 6) is 0.469. The van der Waals surface area contributed by atoms with Crippen LogP contribution >= 0.6 is 23.1 Å². The highest BCUT2D eigenvalue weighted by atomic mass is 32.2. The van der Waals surface area contributed by atoms with Crippen LogP contribution in [0.15, 0.2) is 28.6 Å². The van der Waals surface area contributed by atoms with E-state index in [-0.39, 0.29) is 5.91 Å². The van der Waals surface area contributed by atoms with Crippen molar-refractivity contribution in [2.24, 2.45) is 0 Å². The number of nitrogens with zero attached hydrogens (tertiary/aromatic N) is 3. The van der Waals surface area contributed by atoms with Gasteiger partial charge in [0, 0.05) is 20.1 Å². The van der Waals surface area contributed by atoms with Crippen LogP contribution in [0, 0.1) is 6.92 Å². The van der Waals surface area contributed by atoms with E-state index in [0.717, 1.165) is 16.0 Å². The lowest BCUT2D eigenvalue weighted by Crippen LogP contribution is -2.28. The van der Waals surface area contributed by atoms with Crippen LogP contribution < -0.4 is 5.32 Å². The first-order valence-corrected chi connectivity index (χ1v) is 8.89. The topological polar surface area (TPSA) is 58.1 Å². The minimum atomic E-state index is 0.0912. The molecule has 0 unspecified atom stereocenters. The van der Waals surface area contributed by atoms with Gasteiger partial charge >= 0.3 is 0 Å². The number of anilines is 1. The van der Waals surface area contributed by atoms with Crippen molar-refractivity contribution in [2.45, 2.75) is 24.7 Å². The second-order valence-corrected chi connectivity index (χ2v) is 7.07. The Morgan fingerprint density at radius 3 is 2.86 bits per heavy atom. The van der Waals surface area contributed by atoms with E-state index in [9.17, 15) is 4.79 Å². The summed E-state index contributed by atoms with van der Waals surface area (Å²) < 4.78 is 0.814. The summed E-state index contributed by atoms with van der Waals surface area (Å²) in [4.78, 5) is 14.0. The number of aryl methyl sites for hydroxylation is 1. The summed E-state index contributed by atoms with van der Waals surface area (Å²) in [7, 11) is 1.83. The smallest absolute Gasteiger partial charge is 0.233 e. The number of rotatable bonds is 7. The number of nitrogens with one attached hydrogen (secondary N) is 1. The van der Waals surface area contributed by atoms with E-state index in [1.807, 2.05) is 26.1 Å². The van der Waals surface area contributed by atoms with Gasteiger partial charge in [0.1, 0.15) is 0 Å². The molecule has 0 radical (unpaired) electrons. The molecule has 0 spiro atoms. The van der Waals surface area contributed by atoms with Crippen LogP contribution in [0.2, 0.25) is 0 Å². The lowest BCUT2D eigenvalue weighted by atomic mass is 10.1. The summed E-state index contributed by atoms with van der Waals surface area (Å²) in [5, 5.41) is 12.0. The molecule has 0 saturated carbocycles. The molecule has 2 aromatic rings. The molecule has 0 aliphatic heterocycles. The second-order valence-electron chi connectivity index (χ2n) is 4.87. The Morgan fingerprint density at radius 1 is 1.36 bits per heavy atom. The van der Waals surface area contributed by atoms with Gasteiger partial charge in [0.25, 0.3) is 0 Å². The van der Waals surface area contributed by atoms with Gasteiger partial charge in [0.15, 0.2) is 4.34 Å². The molecule has 118 valence electrons. The number of carbonyl (C=O) groups excluding carboxylic acids is 1. The highest BCUT2D eigenvalue weighted by Gasteiger charge is 2.12. The lowest BCUT2D eigenvalue weighted by molar-refractivity contribution is -0.127. The van der Waals surface area contributed by atoms with Crippen molar-refractivity contribution in [1.29, 1.82) is 0 Å². The molecular weight excluding hydrogens is 316 g/mol. The Labute approximate surface area is 139 Å². The predicted molar refractivity (Wildman–Crippen MR) is 92.4 cm³/mol. The summed E-state index contributed by atoms with van der Waals surface area (Å²) in [6.45, 7) is 5.52. The molecule has 2 rings (SSSR count). The molecule has 1 aromatic heterocycles. The van der Waals surface area contributed by atoms with Gasteiger partial charge in [-0.25, -0.2) is 0 Å². The third-order valence-corrected chi connectivity index (χ3v) is 5.15. The van der Waals surface area contributed by atoms with Gasteiger partial charge in [-0.05, 0) is 25.0 Å². The zero-order valence-electron chi connectivity index (χ0n) is 13.0. The molecule has 7 heteroatoms. The molecule has 0 atom stereocenters. The highest BCUT2D eigenvalue weighted by Crippen LogP contribution is 2.25. The molecule has 1 aromatic carbocycles. The number of hydrogen-bond acceptors (Lipinski definition) is 6. The van der Waals surface area contributed by atoms with E-state index < -0.39 is 0 Å². The molecule has 0 saturated heterocycles. The second kappa shape index (κ2) is 8.14. The molecule has 5 nitrogen and oxygen atoms in total. The Kier molecular flexibility index (Phi) is 6.21. The van der Waals surface area contributed by atoms with Crippen molar-refractivity contribution in [2.75, 3.05) is 24.7 Å². The van der Waals surface area contributed by atoms with Crippen LogP contribution in [0.3, 0.4) is 0 Å². The van der Waals surface area contributed by atoms with Crippen molar-refractivity contribution in [1.82, 2.24) is 15.1 Å². The van der Waals surface area contributed by atoms with E-state index in [0.29, 0.717) is 12.3 Å². The highest BCUT2D eigenvalue weighted by molar-refractivity contribution is 8.01. The zero-order valence-corrected chi connectivity index (χ0v) is 14.6. The maximum absolute atomic E-state index is 12.2. The van der Waals surface area contributed by atoms with Crippen LogP contribution in [-0.4, -0.2) is 40.3 Å². The standard InChI is InChI=1S/C15H20N4OS2/c1-4-16-14-17-18-15(22-14)21-10-13(20)19(3)9-12-8-6-5-7-11(12)2/h5-8H,4,9-10H2,1-3H3,(H,16,17). The third kappa shape index (κ3) is 4.71. The number of carbonyl (C=O) groups is 1. The van der Waals surface area contributed by atoms with E-state index in [2.05, 4.69) is 34.6 Å². The van der Waals surface area contributed by atoms with Gasteiger partial charge in [-0.2, -0.15) is 0 Å². The van der Waals surface area contributed by atoms with Gasteiger partial charge in [0.2, 0.25) is 11.0 Å². The lowest BCUT2D eigenvalue weighted by Gasteiger charge is -2.18. The van der Waals surface area contributed by atoms with Crippen molar-refractivity contribution < 1.29 is 4.79 Å². The molecule has 0 fully saturated rings. The summed E-state index contributed by atoms with van der Waals surface area (Å²) in [6, 6.07) is 8.12. The van der Waals surface area contributed by atoms with Gasteiger partial charge in [0.05, 0.1) is 5.75 Å². The van der Waals surface area contributed by atoms with Crippen LogP contribution in [0.4, 0.5) is 5.13 Å². The van der Waals surface area contributed by atoms with Crippen LogP contribution in [-0.2, 0) is 11.3 Å². The summed E-state index contributed by atoms with van der Waals surface area (Å²) >= 11 is 2.91. The molecule has 22 heavy (non-hydrogen) atoms. The summed E-state index contributed by atoms with van der Waals surface area (Å²) in [6.07, 6.45) is 0. The SMILES string of the molecule is CCNc1nnc(SCC(=O)N(C)Cc2ccccc2C)s1. The molecule has 0 aliphatic carbocycles. The Bertz CT molecular complexity index is 630. The Hall–Kier alpha value is -1.60. The maximum Gasteiger partial charge on any atom is 0.233 e. The van der Waals surface area contributed by atoms with Crippen molar-refractivity contribution >= 4 is 34.1 Å². The fraction of sp³-hybridized carbons (Fsp3) is 0.400. The van der Waals surface area contributed by atoms with Crippen LogP contribution in [0.5, 0.6) is 0 Å². The molecule has 1 N–H and O–H groups in total. The predicted octanol–water partition coefficient (Wildman–Crippen LogP) is 3.03. The number of benzene rings is 1. The molecule has 0 aliphatic rings. The minimum absolute atomic E-state index is 0.0912. The van der Waals surface area contributed by atoms with E-state index in [1.165, 1.54) is 34.2 Å². The first-order valence-electron chi connectivity index (χ1n) is 7.08. The summed E-state index contributed by atoms with van der Waals surface area (Å²) in [5.41, 5.74) is 2.38. The monoisotopic (exact) mass is 336 g/mol.